The smallest absolute Gasteiger partial charge is 0.225 e. The topological polar surface area (TPSA) is 58.5 Å². The highest BCUT2D eigenvalue weighted by atomic mass is 16.5. The Kier molecular flexibility index (Phi) is 3.36. The molecule has 1 unspecified atom stereocenters. The van der Waals surface area contributed by atoms with Crippen LogP contribution in [-0.2, 0) is 11.3 Å². The first-order chi connectivity index (χ1) is 7.72. The summed E-state index contributed by atoms with van der Waals surface area (Å²) < 4.78 is 5.37. The largest absolute Gasteiger partial charge is 0.392 e. The molecule has 0 amide bonds. The zero-order chi connectivity index (χ0) is 11.5. The van der Waals surface area contributed by atoms with Crippen LogP contribution in [0.3, 0.4) is 0 Å². The van der Waals surface area contributed by atoms with Crippen molar-refractivity contribution in [2.24, 2.45) is 0 Å². The van der Waals surface area contributed by atoms with Gasteiger partial charge in [0.15, 0.2) is 0 Å². The van der Waals surface area contributed by atoms with Crippen molar-refractivity contribution in [2.45, 2.75) is 26.5 Å². The Morgan fingerprint density at radius 1 is 1.62 bits per heavy atom. The number of aliphatic hydroxyl groups excluding tert-OH is 1. The summed E-state index contributed by atoms with van der Waals surface area (Å²) in [6.45, 7) is 6.22. The van der Waals surface area contributed by atoms with Gasteiger partial charge in [0.25, 0.3) is 0 Å². The van der Waals surface area contributed by atoms with Crippen LogP contribution >= 0.6 is 0 Å². The fourth-order valence-electron chi connectivity index (χ4n) is 1.80. The molecule has 1 aliphatic heterocycles. The lowest BCUT2D eigenvalue weighted by Crippen LogP contribution is -2.44. The lowest BCUT2D eigenvalue weighted by molar-refractivity contribution is 0.0980. The van der Waals surface area contributed by atoms with Gasteiger partial charge in [-0.3, -0.25) is 0 Å². The number of nitrogens with zero attached hydrogens (tertiary/aromatic N) is 3. The number of hydrogen-bond acceptors (Lipinski definition) is 5. The van der Waals surface area contributed by atoms with E-state index in [1.54, 1.807) is 6.20 Å². The van der Waals surface area contributed by atoms with Crippen molar-refractivity contribution in [3.05, 3.63) is 17.5 Å². The average molecular weight is 223 g/mol. The Morgan fingerprint density at radius 3 is 3.06 bits per heavy atom. The maximum Gasteiger partial charge on any atom is 0.225 e. The maximum absolute atomic E-state index is 9.06. The number of hydrogen-bond donors (Lipinski definition) is 1. The van der Waals surface area contributed by atoms with Crippen molar-refractivity contribution in [1.82, 2.24) is 9.97 Å². The molecule has 16 heavy (non-hydrogen) atoms. The van der Waals surface area contributed by atoms with Gasteiger partial charge in [-0.05, 0) is 13.8 Å². The SMILES string of the molecule is Cc1nc(N2CCOCC2C)ncc1CO. The van der Waals surface area contributed by atoms with Crippen LogP contribution in [0.5, 0.6) is 0 Å². The van der Waals surface area contributed by atoms with E-state index in [0.717, 1.165) is 23.8 Å². The van der Waals surface area contributed by atoms with Gasteiger partial charge < -0.3 is 14.7 Å². The van der Waals surface area contributed by atoms with Crippen molar-refractivity contribution in [1.29, 1.82) is 0 Å². The van der Waals surface area contributed by atoms with Gasteiger partial charge in [-0.25, -0.2) is 9.97 Å². The van der Waals surface area contributed by atoms with Crippen LogP contribution in [0.15, 0.2) is 6.20 Å². The Balaban J connectivity index is 2.22. The number of aliphatic hydroxyl groups is 1. The second kappa shape index (κ2) is 4.76. The molecule has 0 aliphatic carbocycles. The Bertz CT molecular complexity index is 370. The monoisotopic (exact) mass is 223 g/mol. The van der Waals surface area contributed by atoms with E-state index in [4.69, 9.17) is 9.84 Å². The number of aromatic nitrogens is 2. The van der Waals surface area contributed by atoms with Gasteiger partial charge in [-0.1, -0.05) is 0 Å². The molecule has 1 aromatic heterocycles. The Hall–Kier alpha value is -1.20. The molecule has 0 spiro atoms. The number of aryl methyl sites for hydroxylation is 1. The highest BCUT2D eigenvalue weighted by Gasteiger charge is 2.21. The van der Waals surface area contributed by atoms with Gasteiger partial charge in [0.05, 0.1) is 25.9 Å². The zero-order valence-corrected chi connectivity index (χ0v) is 9.68. The second-order valence-electron chi connectivity index (χ2n) is 4.06. The molecule has 0 bridgehead atoms. The van der Waals surface area contributed by atoms with Gasteiger partial charge in [0, 0.05) is 24.0 Å². The minimum atomic E-state index is -0.00915. The minimum Gasteiger partial charge on any atom is -0.392 e. The highest BCUT2D eigenvalue weighted by Crippen LogP contribution is 2.16. The molecule has 0 aromatic carbocycles. The molecule has 1 aliphatic rings. The van der Waals surface area contributed by atoms with Crippen LogP contribution in [0.1, 0.15) is 18.2 Å². The minimum absolute atomic E-state index is 0.00915. The van der Waals surface area contributed by atoms with Crippen LogP contribution in [0, 0.1) is 6.92 Å². The molecule has 88 valence electrons. The molecule has 2 heterocycles. The summed E-state index contributed by atoms with van der Waals surface area (Å²) in [5.74, 6) is 0.727. The first kappa shape index (κ1) is 11.3. The summed E-state index contributed by atoms with van der Waals surface area (Å²) in [4.78, 5) is 10.8. The molecule has 5 heteroatoms. The molecule has 0 radical (unpaired) electrons. The molecule has 5 nitrogen and oxygen atoms in total. The summed E-state index contributed by atoms with van der Waals surface area (Å²) >= 11 is 0. The Morgan fingerprint density at radius 2 is 2.44 bits per heavy atom. The third kappa shape index (κ3) is 2.15. The van der Waals surface area contributed by atoms with Crippen LogP contribution in [0.4, 0.5) is 5.95 Å². The lowest BCUT2D eigenvalue weighted by Gasteiger charge is -2.33. The number of ether oxygens (including phenoxy) is 1. The van der Waals surface area contributed by atoms with Crippen molar-refractivity contribution >= 4 is 5.95 Å². The van der Waals surface area contributed by atoms with Gasteiger partial charge in [0.1, 0.15) is 0 Å². The number of rotatable bonds is 2. The van der Waals surface area contributed by atoms with Crippen LogP contribution < -0.4 is 4.90 Å². The van der Waals surface area contributed by atoms with E-state index in [0.29, 0.717) is 19.3 Å². The predicted molar refractivity (Wildman–Crippen MR) is 60.3 cm³/mol. The summed E-state index contributed by atoms with van der Waals surface area (Å²) in [6, 6.07) is 0.299. The first-order valence-corrected chi connectivity index (χ1v) is 5.50. The molecule has 1 fully saturated rings. The van der Waals surface area contributed by atoms with E-state index in [-0.39, 0.29) is 6.61 Å². The fraction of sp³-hybridized carbons (Fsp3) is 0.636. The van der Waals surface area contributed by atoms with E-state index in [1.165, 1.54) is 0 Å². The summed E-state index contributed by atoms with van der Waals surface area (Å²) in [6.07, 6.45) is 1.69. The second-order valence-corrected chi connectivity index (χ2v) is 4.06. The van der Waals surface area contributed by atoms with Crippen LogP contribution in [0.25, 0.3) is 0 Å². The molecule has 1 saturated heterocycles. The molecule has 1 N–H and O–H groups in total. The maximum atomic E-state index is 9.06. The number of morpholine rings is 1. The molecule has 1 aromatic rings. The molecular weight excluding hydrogens is 206 g/mol. The first-order valence-electron chi connectivity index (χ1n) is 5.50. The van der Waals surface area contributed by atoms with Crippen molar-refractivity contribution in [3.8, 4) is 0 Å². The van der Waals surface area contributed by atoms with Gasteiger partial charge in [0.2, 0.25) is 5.95 Å². The summed E-state index contributed by atoms with van der Waals surface area (Å²) in [5, 5.41) is 9.06. The van der Waals surface area contributed by atoms with Crippen LogP contribution in [-0.4, -0.2) is 40.9 Å². The fourth-order valence-corrected chi connectivity index (χ4v) is 1.80. The van der Waals surface area contributed by atoms with Gasteiger partial charge in [-0.2, -0.15) is 0 Å². The molecular formula is C11H17N3O2. The van der Waals surface area contributed by atoms with Crippen molar-refractivity contribution in [3.63, 3.8) is 0 Å². The van der Waals surface area contributed by atoms with Crippen molar-refractivity contribution in [2.75, 3.05) is 24.7 Å². The Labute approximate surface area is 95.1 Å². The number of anilines is 1. The van der Waals surface area contributed by atoms with Crippen LogP contribution in [0.2, 0.25) is 0 Å². The standard InChI is InChI=1S/C11H17N3O2/c1-8-7-16-4-3-14(8)11-12-5-10(6-15)9(2)13-11/h5,8,15H,3-4,6-7H2,1-2H3. The van der Waals surface area contributed by atoms with Crippen molar-refractivity contribution < 1.29 is 9.84 Å². The third-order valence-corrected chi connectivity index (χ3v) is 2.86. The normalized spacial score (nSPS) is 21.2. The van der Waals surface area contributed by atoms with E-state index in [1.807, 2.05) is 6.92 Å². The summed E-state index contributed by atoms with van der Waals surface area (Å²) in [5.41, 5.74) is 1.62. The third-order valence-electron chi connectivity index (χ3n) is 2.86. The molecule has 0 saturated carbocycles. The van der Waals surface area contributed by atoms with E-state index in [9.17, 15) is 0 Å². The van der Waals surface area contributed by atoms with Gasteiger partial charge in [-0.15, -0.1) is 0 Å². The van der Waals surface area contributed by atoms with E-state index < -0.39 is 0 Å². The molecule has 2 rings (SSSR count). The molecule has 1 atom stereocenters. The van der Waals surface area contributed by atoms with E-state index in [2.05, 4.69) is 21.8 Å². The summed E-state index contributed by atoms with van der Waals surface area (Å²) in [7, 11) is 0. The van der Waals surface area contributed by atoms with Gasteiger partial charge >= 0.3 is 0 Å². The highest BCUT2D eigenvalue weighted by molar-refractivity contribution is 5.34. The van der Waals surface area contributed by atoms with E-state index >= 15 is 0 Å². The zero-order valence-electron chi connectivity index (χ0n) is 9.68. The quantitative estimate of drug-likeness (QED) is 0.791. The lowest BCUT2D eigenvalue weighted by atomic mass is 10.2. The average Bonchev–Trinajstić information content (AvgIpc) is 2.29. The predicted octanol–water partition coefficient (Wildman–Crippen LogP) is 0.502.